The van der Waals surface area contributed by atoms with Crippen LogP contribution in [0.25, 0.3) is 11.5 Å². The predicted octanol–water partition coefficient (Wildman–Crippen LogP) is 2.92. The van der Waals surface area contributed by atoms with Crippen molar-refractivity contribution < 1.29 is 8.91 Å². The molecule has 15 heavy (non-hydrogen) atoms. The summed E-state index contributed by atoms with van der Waals surface area (Å²) in [7, 11) is 0. The summed E-state index contributed by atoms with van der Waals surface area (Å²) in [4.78, 5) is 3.95. The van der Waals surface area contributed by atoms with Gasteiger partial charge in [-0.2, -0.15) is 4.98 Å². The summed E-state index contributed by atoms with van der Waals surface area (Å²) >= 11 is 5.52. The minimum atomic E-state index is -0.345. The summed E-state index contributed by atoms with van der Waals surface area (Å²) in [5.41, 5.74) is 0.844. The quantitative estimate of drug-likeness (QED) is 0.739. The second-order valence-corrected chi connectivity index (χ2v) is 3.35. The van der Waals surface area contributed by atoms with E-state index in [1.165, 1.54) is 0 Å². The average molecular weight is 227 g/mol. The highest BCUT2D eigenvalue weighted by atomic mass is 35.5. The molecule has 0 aliphatic rings. The topological polar surface area (TPSA) is 38.9 Å². The van der Waals surface area contributed by atoms with E-state index in [0.29, 0.717) is 17.0 Å². The fourth-order valence-electron chi connectivity index (χ4n) is 1.23. The lowest BCUT2D eigenvalue weighted by atomic mass is 10.1. The van der Waals surface area contributed by atoms with Crippen LogP contribution in [0, 0.1) is 12.7 Å². The zero-order chi connectivity index (χ0) is 10.8. The van der Waals surface area contributed by atoms with Crippen LogP contribution in [0.2, 0.25) is 0 Å². The molecule has 0 unspecified atom stereocenters. The van der Waals surface area contributed by atoms with Crippen molar-refractivity contribution in [1.29, 1.82) is 0 Å². The molecule has 3 nitrogen and oxygen atoms in total. The van der Waals surface area contributed by atoms with Crippen LogP contribution in [-0.2, 0) is 5.88 Å². The molecule has 1 aromatic heterocycles. The second-order valence-electron chi connectivity index (χ2n) is 3.09. The van der Waals surface area contributed by atoms with E-state index in [0.717, 1.165) is 0 Å². The summed E-state index contributed by atoms with van der Waals surface area (Å²) in [6.45, 7) is 1.68. The van der Waals surface area contributed by atoms with Gasteiger partial charge in [-0.3, -0.25) is 0 Å². The first-order valence-electron chi connectivity index (χ1n) is 4.36. The van der Waals surface area contributed by atoms with E-state index in [-0.39, 0.29) is 17.6 Å². The minimum absolute atomic E-state index is 0.150. The van der Waals surface area contributed by atoms with Crippen molar-refractivity contribution in [1.82, 2.24) is 10.1 Å². The third kappa shape index (κ3) is 1.85. The van der Waals surface area contributed by atoms with E-state index in [1.54, 1.807) is 25.1 Å². The van der Waals surface area contributed by atoms with Gasteiger partial charge in [0.15, 0.2) is 5.82 Å². The Hall–Kier alpha value is -1.42. The summed E-state index contributed by atoms with van der Waals surface area (Å²) in [5.74, 6) is 0.318. The molecule has 0 radical (unpaired) electrons. The zero-order valence-corrected chi connectivity index (χ0v) is 8.75. The molecular weight excluding hydrogens is 219 g/mol. The molecular formula is C10H8ClFN2O. The lowest BCUT2D eigenvalue weighted by Crippen LogP contribution is -1.88. The lowest BCUT2D eigenvalue weighted by Gasteiger charge is -1.99. The number of rotatable bonds is 2. The summed E-state index contributed by atoms with van der Waals surface area (Å²) in [6, 6.07) is 5.00. The number of alkyl halides is 1. The summed E-state index contributed by atoms with van der Waals surface area (Å²) in [6.07, 6.45) is 0. The molecule has 1 aromatic carbocycles. The van der Waals surface area contributed by atoms with Crippen LogP contribution < -0.4 is 0 Å². The second kappa shape index (κ2) is 3.98. The van der Waals surface area contributed by atoms with Gasteiger partial charge in [0.2, 0.25) is 0 Å². The Balaban J connectivity index is 2.49. The molecule has 0 fully saturated rings. The standard InChI is InChI=1S/C10H8ClFN2O/c1-6-3-2-4-7(9(6)12)10-13-8(5-11)14-15-10/h2-4H,5H2,1H3. The number of nitrogens with zero attached hydrogens (tertiary/aromatic N) is 2. The van der Waals surface area contributed by atoms with Crippen molar-refractivity contribution in [3.05, 3.63) is 35.4 Å². The molecule has 2 rings (SSSR count). The van der Waals surface area contributed by atoms with Gasteiger partial charge < -0.3 is 4.52 Å². The van der Waals surface area contributed by atoms with E-state index in [2.05, 4.69) is 10.1 Å². The normalized spacial score (nSPS) is 10.6. The molecule has 5 heteroatoms. The van der Waals surface area contributed by atoms with Crippen LogP contribution in [0.4, 0.5) is 4.39 Å². The van der Waals surface area contributed by atoms with Crippen LogP contribution in [-0.4, -0.2) is 10.1 Å². The van der Waals surface area contributed by atoms with Crippen LogP contribution in [0.5, 0.6) is 0 Å². The maximum absolute atomic E-state index is 13.6. The van der Waals surface area contributed by atoms with Crippen LogP contribution in [0.15, 0.2) is 22.7 Å². The van der Waals surface area contributed by atoms with Gasteiger partial charge in [-0.15, -0.1) is 11.6 Å². The number of hydrogen-bond acceptors (Lipinski definition) is 3. The number of hydrogen-bond donors (Lipinski definition) is 0. The van der Waals surface area contributed by atoms with E-state index >= 15 is 0 Å². The van der Waals surface area contributed by atoms with Gasteiger partial charge in [0.05, 0.1) is 11.4 Å². The largest absolute Gasteiger partial charge is 0.334 e. The van der Waals surface area contributed by atoms with Crippen LogP contribution >= 0.6 is 11.6 Å². The predicted molar refractivity (Wildman–Crippen MR) is 54.0 cm³/mol. The first-order chi connectivity index (χ1) is 7.22. The van der Waals surface area contributed by atoms with E-state index in [4.69, 9.17) is 16.1 Å². The van der Waals surface area contributed by atoms with Crippen molar-refractivity contribution in [2.45, 2.75) is 12.8 Å². The fraction of sp³-hybridized carbons (Fsp3) is 0.200. The van der Waals surface area contributed by atoms with Crippen molar-refractivity contribution in [2.24, 2.45) is 0 Å². The Morgan fingerprint density at radius 3 is 2.93 bits per heavy atom. The number of benzene rings is 1. The Bertz CT molecular complexity index is 484. The molecule has 78 valence electrons. The highest BCUT2D eigenvalue weighted by molar-refractivity contribution is 6.16. The minimum Gasteiger partial charge on any atom is -0.334 e. The van der Waals surface area contributed by atoms with E-state index < -0.39 is 0 Å². The van der Waals surface area contributed by atoms with Crippen LogP contribution in [0.1, 0.15) is 11.4 Å². The SMILES string of the molecule is Cc1cccc(-c2nc(CCl)no2)c1F. The van der Waals surface area contributed by atoms with Gasteiger partial charge in [-0.25, -0.2) is 4.39 Å². The molecule has 0 amide bonds. The zero-order valence-electron chi connectivity index (χ0n) is 8.00. The van der Waals surface area contributed by atoms with Crippen LogP contribution in [0.3, 0.4) is 0 Å². The molecule has 0 saturated heterocycles. The molecule has 0 N–H and O–H groups in total. The molecule has 0 saturated carbocycles. The monoisotopic (exact) mass is 226 g/mol. The first kappa shape index (κ1) is 10.1. The lowest BCUT2D eigenvalue weighted by molar-refractivity contribution is 0.422. The summed E-state index contributed by atoms with van der Waals surface area (Å²) in [5, 5.41) is 3.60. The van der Waals surface area contributed by atoms with E-state index in [9.17, 15) is 4.39 Å². The maximum atomic E-state index is 13.6. The average Bonchev–Trinajstić information content (AvgIpc) is 2.70. The highest BCUT2D eigenvalue weighted by Crippen LogP contribution is 2.23. The first-order valence-corrected chi connectivity index (χ1v) is 4.90. The summed E-state index contributed by atoms with van der Waals surface area (Å²) < 4.78 is 18.5. The van der Waals surface area contributed by atoms with Gasteiger partial charge in [0.25, 0.3) is 5.89 Å². The smallest absolute Gasteiger partial charge is 0.260 e. The number of aryl methyl sites for hydroxylation is 1. The highest BCUT2D eigenvalue weighted by Gasteiger charge is 2.13. The fourth-order valence-corrected chi connectivity index (χ4v) is 1.34. The molecule has 0 aliphatic heterocycles. The number of halogens is 2. The third-order valence-corrected chi connectivity index (χ3v) is 2.25. The van der Waals surface area contributed by atoms with Crippen molar-refractivity contribution in [3.63, 3.8) is 0 Å². The van der Waals surface area contributed by atoms with Gasteiger partial charge in [0.1, 0.15) is 5.82 Å². The van der Waals surface area contributed by atoms with Crippen molar-refractivity contribution >= 4 is 11.6 Å². The van der Waals surface area contributed by atoms with E-state index in [1.807, 2.05) is 0 Å². The maximum Gasteiger partial charge on any atom is 0.260 e. The van der Waals surface area contributed by atoms with Crippen molar-refractivity contribution in [2.75, 3.05) is 0 Å². The van der Waals surface area contributed by atoms with Gasteiger partial charge in [-0.1, -0.05) is 17.3 Å². The van der Waals surface area contributed by atoms with Gasteiger partial charge in [-0.05, 0) is 18.6 Å². The Kier molecular flexibility index (Phi) is 2.68. The molecule has 1 heterocycles. The van der Waals surface area contributed by atoms with Gasteiger partial charge in [0, 0.05) is 0 Å². The molecule has 0 spiro atoms. The molecule has 0 atom stereocenters. The Morgan fingerprint density at radius 2 is 2.27 bits per heavy atom. The Morgan fingerprint density at radius 1 is 1.47 bits per heavy atom. The molecule has 0 aliphatic carbocycles. The molecule has 0 bridgehead atoms. The Labute approximate surface area is 90.9 Å². The third-order valence-electron chi connectivity index (χ3n) is 2.01. The number of aromatic nitrogens is 2. The van der Waals surface area contributed by atoms with Crippen molar-refractivity contribution in [3.8, 4) is 11.5 Å². The molecule has 2 aromatic rings. The van der Waals surface area contributed by atoms with Gasteiger partial charge >= 0.3 is 0 Å².